The van der Waals surface area contributed by atoms with Gasteiger partial charge < -0.3 is 8.80 Å². The highest BCUT2D eigenvalue weighted by Gasteiger charge is 2.66. The van der Waals surface area contributed by atoms with Crippen LogP contribution in [0.3, 0.4) is 0 Å². The van der Waals surface area contributed by atoms with Crippen LogP contribution in [0.25, 0.3) is 11.1 Å². The molecule has 1 fully saturated rings. The molecule has 5 rings (SSSR count). The highest BCUT2D eigenvalue weighted by atomic mass is 127. The van der Waals surface area contributed by atoms with Crippen LogP contribution in [-0.2, 0) is 19.8 Å². The summed E-state index contributed by atoms with van der Waals surface area (Å²) in [6, 6.07) is 6.33. The van der Waals surface area contributed by atoms with E-state index >= 15 is 0 Å². The smallest absolute Gasteiger partial charge is 0.262 e. The van der Waals surface area contributed by atoms with Gasteiger partial charge in [-0.25, -0.2) is 15.0 Å². The fourth-order valence-electron chi connectivity index (χ4n) is 5.91. The van der Waals surface area contributed by atoms with E-state index in [0.29, 0.717) is 5.96 Å². The molecule has 8 heteroatoms. The number of nitrogens with two attached hydrogens (primary N) is 1. The maximum atomic E-state index is 14.1. The number of rotatable bonds is 3. The predicted molar refractivity (Wildman–Crippen MR) is 131 cm³/mol. The minimum Gasteiger partial charge on any atom is -0.369 e. The molecular weight excluding hydrogens is 517 g/mol. The Kier molecular flexibility index (Phi) is 5.28. The standard InChI is InChI=1S/C24H28IN5O2/c1-14(2)30-21(31)24(29-22(30)26)20-10-16(18-12-27-15(3)28-13-18)4-5-17(20)11-23(24)8-6-19(32-25)7-9-23/h4-5,10,12-14,19H,6-9,11H2,1-3H3,(H2,26,29). The van der Waals surface area contributed by atoms with Gasteiger partial charge in [0.2, 0.25) is 0 Å². The normalized spacial score (nSPS) is 29.3. The molecule has 2 N–H and O–H groups in total. The van der Waals surface area contributed by atoms with Gasteiger partial charge in [0.05, 0.1) is 6.10 Å². The Morgan fingerprint density at radius 3 is 2.47 bits per heavy atom. The molecule has 32 heavy (non-hydrogen) atoms. The monoisotopic (exact) mass is 545 g/mol. The number of nitrogens with zero attached hydrogens (tertiary/aromatic N) is 4. The van der Waals surface area contributed by atoms with Gasteiger partial charge in [0.1, 0.15) is 28.8 Å². The number of carbonyl (C=O) groups excluding carboxylic acids is 1. The second-order valence-electron chi connectivity index (χ2n) is 9.59. The first-order valence-electron chi connectivity index (χ1n) is 11.2. The zero-order valence-corrected chi connectivity index (χ0v) is 20.8. The second kappa shape index (κ2) is 7.76. The van der Waals surface area contributed by atoms with Gasteiger partial charge in [-0.15, -0.1) is 0 Å². The van der Waals surface area contributed by atoms with Crippen molar-refractivity contribution in [2.24, 2.45) is 16.1 Å². The Morgan fingerprint density at radius 1 is 1.19 bits per heavy atom. The summed E-state index contributed by atoms with van der Waals surface area (Å²) < 4.78 is 5.62. The van der Waals surface area contributed by atoms with Gasteiger partial charge in [-0.2, -0.15) is 0 Å². The number of hydrogen-bond donors (Lipinski definition) is 1. The van der Waals surface area contributed by atoms with E-state index in [4.69, 9.17) is 13.8 Å². The molecule has 1 saturated carbocycles. The fraction of sp³-hybridized carbons (Fsp3) is 0.500. The SMILES string of the molecule is Cc1ncc(-c2ccc3c(c2)C2(N=C(N)N(C(C)C)C2=O)C2(CCC(OI)CC2)C3)cn1. The van der Waals surface area contributed by atoms with Crippen molar-refractivity contribution in [1.82, 2.24) is 14.9 Å². The van der Waals surface area contributed by atoms with E-state index < -0.39 is 5.54 Å². The van der Waals surface area contributed by atoms with Gasteiger partial charge in [-0.3, -0.25) is 9.69 Å². The van der Waals surface area contributed by atoms with E-state index in [1.165, 1.54) is 5.56 Å². The predicted octanol–water partition coefficient (Wildman–Crippen LogP) is 4.06. The molecular formula is C24H28IN5O2. The summed E-state index contributed by atoms with van der Waals surface area (Å²) in [4.78, 5) is 29.5. The summed E-state index contributed by atoms with van der Waals surface area (Å²) >= 11 is 2.00. The molecule has 1 amide bonds. The van der Waals surface area contributed by atoms with Gasteiger partial charge in [0, 0.05) is 29.4 Å². The number of fused-ring (bicyclic) bond motifs is 3. The third-order valence-electron chi connectivity index (χ3n) is 7.50. The summed E-state index contributed by atoms with van der Waals surface area (Å²) in [5.41, 5.74) is 9.24. The molecule has 0 bridgehead atoms. The molecule has 1 aromatic carbocycles. The van der Waals surface area contributed by atoms with Crippen molar-refractivity contribution in [3.63, 3.8) is 0 Å². The van der Waals surface area contributed by atoms with Crippen LogP contribution in [0.5, 0.6) is 0 Å². The quantitative estimate of drug-likeness (QED) is 0.588. The van der Waals surface area contributed by atoms with Crippen LogP contribution in [0.4, 0.5) is 0 Å². The number of aryl methyl sites for hydroxylation is 1. The van der Waals surface area contributed by atoms with E-state index in [2.05, 4.69) is 28.2 Å². The Labute approximate surface area is 202 Å². The van der Waals surface area contributed by atoms with E-state index in [0.717, 1.165) is 54.6 Å². The van der Waals surface area contributed by atoms with Crippen molar-refractivity contribution >= 4 is 34.9 Å². The lowest BCUT2D eigenvalue weighted by Crippen LogP contribution is -2.53. The van der Waals surface area contributed by atoms with Gasteiger partial charge >= 0.3 is 0 Å². The number of carbonyl (C=O) groups is 1. The molecule has 2 aromatic rings. The van der Waals surface area contributed by atoms with E-state index in [1.54, 1.807) is 4.90 Å². The Hall–Kier alpha value is -2.07. The third kappa shape index (κ3) is 3.02. The van der Waals surface area contributed by atoms with Crippen molar-refractivity contribution in [3.8, 4) is 11.1 Å². The zero-order valence-electron chi connectivity index (χ0n) is 18.6. The number of hydrogen-bond acceptors (Lipinski definition) is 6. The van der Waals surface area contributed by atoms with Crippen molar-refractivity contribution in [1.29, 1.82) is 0 Å². The van der Waals surface area contributed by atoms with E-state index in [1.807, 2.05) is 56.2 Å². The highest BCUT2D eigenvalue weighted by Crippen LogP contribution is 2.62. The average Bonchev–Trinajstić information content (AvgIpc) is 3.20. The number of guanidine groups is 1. The summed E-state index contributed by atoms with van der Waals surface area (Å²) in [5, 5.41) is 0. The van der Waals surface area contributed by atoms with Crippen molar-refractivity contribution in [2.75, 3.05) is 0 Å². The first-order valence-corrected chi connectivity index (χ1v) is 12.1. The first kappa shape index (κ1) is 21.8. The van der Waals surface area contributed by atoms with Crippen LogP contribution in [0.15, 0.2) is 35.6 Å². The van der Waals surface area contributed by atoms with Gasteiger partial charge in [-0.05, 0) is 75.6 Å². The lowest BCUT2D eigenvalue weighted by Gasteiger charge is -2.45. The first-order chi connectivity index (χ1) is 15.3. The van der Waals surface area contributed by atoms with Gasteiger partial charge in [0.15, 0.2) is 11.5 Å². The maximum absolute atomic E-state index is 14.1. The van der Waals surface area contributed by atoms with Gasteiger partial charge in [-0.1, -0.05) is 12.1 Å². The van der Waals surface area contributed by atoms with E-state index in [9.17, 15) is 4.79 Å². The summed E-state index contributed by atoms with van der Waals surface area (Å²) in [7, 11) is 0. The minimum absolute atomic E-state index is 0.00916. The summed E-state index contributed by atoms with van der Waals surface area (Å²) in [6.45, 7) is 5.85. The maximum Gasteiger partial charge on any atom is 0.262 e. The Balaban J connectivity index is 1.67. The molecule has 1 aliphatic heterocycles. The summed E-state index contributed by atoms with van der Waals surface area (Å²) in [6.07, 6.45) is 8.32. The Bertz CT molecular complexity index is 1090. The molecule has 1 atom stereocenters. The number of amides is 1. The van der Waals surface area contributed by atoms with Crippen molar-refractivity contribution < 1.29 is 7.86 Å². The number of aliphatic imine (C=N–C) groups is 1. The largest absolute Gasteiger partial charge is 0.369 e. The number of aromatic nitrogens is 2. The van der Waals surface area contributed by atoms with Crippen LogP contribution in [0.2, 0.25) is 0 Å². The molecule has 2 spiro atoms. The van der Waals surface area contributed by atoms with Crippen LogP contribution in [0.1, 0.15) is 56.5 Å². The third-order valence-corrected chi connectivity index (χ3v) is 8.22. The Morgan fingerprint density at radius 2 is 1.88 bits per heavy atom. The molecule has 7 nitrogen and oxygen atoms in total. The number of benzene rings is 1. The summed E-state index contributed by atoms with van der Waals surface area (Å²) in [5.74, 6) is 1.07. The number of halogens is 1. The van der Waals surface area contributed by atoms with Gasteiger partial charge in [0.25, 0.3) is 5.91 Å². The molecule has 1 aromatic heterocycles. The van der Waals surface area contributed by atoms with Crippen molar-refractivity contribution in [3.05, 3.63) is 47.5 Å². The molecule has 3 aliphatic rings. The molecule has 2 aliphatic carbocycles. The molecule has 2 heterocycles. The molecule has 1 unspecified atom stereocenters. The van der Waals surface area contributed by atoms with Crippen LogP contribution in [-0.4, -0.2) is 38.9 Å². The zero-order chi connectivity index (χ0) is 22.7. The van der Waals surface area contributed by atoms with Crippen molar-refractivity contribution in [2.45, 2.75) is 70.6 Å². The highest BCUT2D eigenvalue weighted by molar-refractivity contribution is 14.1. The molecule has 168 valence electrons. The second-order valence-corrected chi connectivity index (χ2v) is 10.1. The van der Waals surface area contributed by atoms with Crippen LogP contribution in [0, 0.1) is 12.3 Å². The lowest BCUT2D eigenvalue weighted by molar-refractivity contribution is -0.138. The molecule has 0 radical (unpaired) electrons. The van der Waals surface area contributed by atoms with Crippen LogP contribution >= 0.6 is 23.0 Å². The average molecular weight is 545 g/mol. The topological polar surface area (TPSA) is 93.7 Å². The minimum atomic E-state index is -0.978. The van der Waals surface area contributed by atoms with Crippen LogP contribution < -0.4 is 5.73 Å². The van der Waals surface area contributed by atoms with E-state index in [-0.39, 0.29) is 23.5 Å². The lowest BCUT2D eigenvalue weighted by atomic mass is 9.61. The molecule has 0 saturated heterocycles. The fourth-order valence-corrected chi connectivity index (χ4v) is 6.42.